The van der Waals surface area contributed by atoms with Gasteiger partial charge in [0.05, 0.1) is 6.54 Å². The lowest BCUT2D eigenvalue weighted by atomic mass is 10.0. The molecule has 3 rings (SSSR count). The zero-order chi connectivity index (χ0) is 14.5. The Kier molecular flexibility index (Phi) is 4.73. The quantitative estimate of drug-likeness (QED) is 0.913. The minimum absolute atomic E-state index is 0.563. The Morgan fingerprint density at radius 3 is 2.81 bits per heavy atom. The monoisotopic (exact) mass is 284 g/mol. The predicted molar refractivity (Wildman–Crippen MR) is 85.0 cm³/mol. The number of nitrogens with one attached hydrogen (secondary N) is 1. The van der Waals surface area contributed by atoms with Crippen LogP contribution in [0.4, 0.5) is 0 Å². The van der Waals surface area contributed by atoms with Crippen molar-refractivity contribution in [2.24, 2.45) is 0 Å². The SMILES string of the molecule is Cc1ccc(CNC2CCCN(Cc3ccccc3)C2)o1. The van der Waals surface area contributed by atoms with Crippen LogP contribution in [0, 0.1) is 6.92 Å². The summed E-state index contributed by atoms with van der Waals surface area (Å²) < 4.78 is 5.62. The molecule has 0 bridgehead atoms. The molecule has 1 aliphatic rings. The van der Waals surface area contributed by atoms with E-state index in [1.807, 2.05) is 13.0 Å². The molecule has 0 saturated carbocycles. The summed E-state index contributed by atoms with van der Waals surface area (Å²) in [5, 5.41) is 3.63. The van der Waals surface area contributed by atoms with Crippen LogP contribution in [-0.4, -0.2) is 24.0 Å². The number of likely N-dealkylation sites (tertiary alicyclic amines) is 1. The van der Waals surface area contributed by atoms with Crippen LogP contribution in [0.1, 0.15) is 29.9 Å². The van der Waals surface area contributed by atoms with E-state index in [1.54, 1.807) is 0 Å². The summed E-state index contributed by atoms with van der Waals surface area (Å²) in [6, 6.07) is 15.4. The van der Waals surface area contributed by atoms with Crippen molar-refractivity contribution in [1.29, 1.82) is 0 Å². The van der Waals surface area contributed by atoms with Crippen LogP contribution in [0.5, 0.6) is 0 Å². The second-order valence-corrected chi connectivity index (χ2v) is 5.95. The highest BCUT2D eigenvalue weighted by atomic mass is 16.3. The van der Waals surface area contributed by atoms with Gasteiger partial charge in [0.2, 0.25) is 0 Å². The van der Waals surface area contributed by atoms with Crippen molar-refractivity contribution in [3.63, 3.8) is 0 Å². The lowest BCUT2D eigenvalue weighted by molar-refractivity contribution is 0.181. The van der Waals surface area contributed by atoms with Gasteiger partial charge in [-0.15, -0.1) is 0 Å². The molecule has 1 saturated heterocycles. The zero-order valence-electron chi connectivity index (χ0n) is 12.7. The first-order valence-corrected chi connectivity index (χ1v) is 7.84. The summed E-state index contributed by atoms with van der Waals surface area (Å²) in [6.45, 7) is 6.20. The number of furan rings is 1. The standard InChI is InChI=1S/C18H24N2O/c1-15-9-10-18(21-15)12-19-17-8-5-11-20(14-17)13-16-6-3-2-4-7-16/h2-4,6-7,9-10,17,19H,5,8,11-14H2,1H3. The molecule has 1 atom stereocenters. The van der Waals surface area contributed by atoms with Crippen LogP contribution < -0.4 is 5.32 Å². The summed E-state index contributed by atoms with van der Waals surface area (Å²) in [4.78, 5) is 2.55. The van der Waals surface area contributed by atoms with Crippen molar-refractivity contribution in [1.82, 2.24) is 10.2 Å². The van der Waals surface area contributed by atoms with Crippen LogP contribution in [0.2, 0.25) is 0 Å². The van der Waals surface area contributed by atoms with Gasteiger partial charge in [-0.25, -0.2) is 0 Å². The number of nitrogens with zero attached hydrogens (tertiary/aromatic N) is 1. The molecule has 1 fully saturated rings. The molecular weight excluding hydrogens is 260 g/mol. The molecule has 1 N–H and O–H groups in total. The van der Waals surface area contributed by atoms with E-state index in [2.05, 4.69) is 46.6 Å². The third kappa shape index (κ3) is 4.19. The Morgan fingerprint density at radius 2 is 2.05 bits per heavy atom. The van der Waals surface area contributed by atoms with E-state index in [9.17, 15) is 0 Å². The van der Waals surface area contributed by atoms with E-state index < -0.39 is 0 Å². The molecule has 1 aromatic carbocycles. The molecule has 1 aromatic heterocycles. The molecule has 2 aromatic rings. The van der Waals surface area contributed by atoms with Crippen molar-refractivity contribution >= 4 is 0 Å². The Balaban J connectivity index is 1.49. The predicted octanol–water partition coefficient (Wildman–Crippen LogP) is 3.34. The first-order chi connectivity index (χ1) is 10.3. The Morgan fingerprint density at radius 1 is 1.19 bits per heavy atom. The van der Waals surface area contributed by atoms with Gasteiger partial charge in [-0.3, -0.25) is 4.90 Å². The fourth-order valence-electron chi connectivity index (χ4n) is 3.03. The highest BCUT2D eigenvalue weighted by Crippen LogP contribution is 2.14. The summed E-state index contributed by atoms with van der Waals surface area (Å²) >= 11 is 0. The number of aryl methyl sites for hydroxylation is 1. The lowest BCUT2D eigenvalue weighted by Crippen LogP contribution is -2.44. The van der Waals surface area contributed by atoms with E-state index in [0.29, 0.717) is 6.04 Å². The molecule has 1 unspecified atom stereocenters. The summed E-state index contributed by atoms with van der Waals surface area (Å²) in [6.07, 6.45) is 2.52. The number of rotatable bonds is 5. The average Bonchev–Trinajstić information content (AvgIpc) is 2.92. The first-order valence-electron chi connectivity index (χ1n) is 7.84. The number of piperidine rings is 1. The first kappa shape index (κ1) is 14.4. The molecular formula is C18H24N2O. The van der Waals surface area contributed by atoms with Gasteiger partial charge in [-0.2, -0.15) is 0 Å². The smallest absolute Gasteiger partial charge is 0.117 e. The van der Waals surface area contributed by atoms with Gasteiger partial charge >= 0.3 is 0 Å². The minimum Gasteiger partial charge on any atom is -0.465 e. The summed E-state index contributed by atoms with van der Waals surface area (Å²) in [5.41, 5.74) is 1.40. The van der Waals surface area contributed by atoms with Gasteiger partial charge in [-0.05, 0) is 44.0 Å². The highest BCUT2D eigenvalue weighted by Gasteiger charge is 2.19. The second kappa shape index (κ2) is 6.92. The zero-order valence-corrected chi connectivity index (χ0v) is 12.7. The number of hydrogen-bond donors (Lipinski definition) is 1. The molecule has 0 amide bonds. The van der Waals surface area contributed by atoms with Crippen LogP contribution in [-0.2, 0) is 13.1 Å². The fraction of sp³-hybridized carbons (Fsp3) is 0.444. The Labute approximate surface area is 127 Å². The molecule has 2 heterocycles. The molecule has 3 heteroatoms. The molecule has 0 aliphatic carbocycles. The molecule has 112 valence electrons. The lowest BCUT2D eigenvalue weighted by Gasteiger charge is -2.33. The van der Waals surface area contributed by atoms with Gasteiger partial charge in [0, 0.05) is 19.1 Å². The van der Waals surface area contributed by atoms with Crippen LogP contribution in [0.15, 0.2) is 46.9 Å². The third-order valence-electron chi connectivity index (χ3n) is 4.12. The number of benzene rings is 1. The normalized spacial score (nSPS) is 19.8. The van der Waals surface area contributed by atoms with Gasteiger partial charge in [0.25, 0.3) is 0 Å². The van der Waals surface area contributed by atoms with Crippen LogP contribution >= 0.6 is 0 Å². The Hall–Kier alpha value is -1.58. The molecule has 1 aliphatic heterocycles. The minimum atomic E-state index is 0.563. The molecule has 0 spiro atoms. The average molecular weight is 284 g/mol. The highest BCUT2D eigenvalue weighted by molar-refractivity contribution is 5.14. The summed E-state index contributed by atoms with van der Waals surface area (Å²) in [7, 11) is 0. The van der Waals surface area contributed by atoms with Gasteiger partial charge < -0.3 is 9.73 Å². The summed E-state index contributed by atoms with van der Waals surface area (Å²) in [5.74, 6) is 2.02. The van der Waals surface area contributed by atoms with E-state index in [1.165, 1.54) is 24.9 Å². The van der Waals surface area contributed by atoms with Crippen LogP contribution in [0.25, 0.3) is 0 Å². The number of hydrogen-bond acceptors (Lipinski definition) is 3. The maximum atomic E-state index is 5.62. The maximum Gasteiger partial charge on any atom is 0.117 e. The van der Waals surface area contributed by atoms with Crippen molar-refractivity contribution in [2.75, 3.05) is 13.1 Å². The largest absolute Gasteiger partial charge is 0.465 e. The molecule has 21 heavy (non-hydrogen) atoms. The van der Waals surface area contributed by atoms with Crippen molar-refractivity contribution in [3.8, 4) is 0 Å². The van der Waals surface area contributed by atoms with Crippen molar-refractivity contribution < 1.29 is 4.42 Å². The van der Waals surface area contributed by atoms with E-state index >= 15 is 0 Å². The van der Waals surface area contributed by atoms with Crippen molar-refractivity contribution in [3.05, 3.63) is 59.5 Å². The topological polar surface area (TPSA) is 28.4 Å². The Bertz CT molecular complexity index is 549. The van der Waals surface area contributed by atoms with Gasteiger partial charge in [-0.1, -0.05) is 30.3 Å². The van der Waals surface area contributed by atoms with Gasteiger partial charge in [0.15, 0.2) is 0 Å². The van der Waals surface area contributed by atoms with E-state index in [4.69, 9.17) is 4.42 Å². The fourth-order valence-corrected chi connectivity index (χ4v) is 3.03. The van der Waals surface area contributed by atoms with E-state index in [-0.39, 0.29) is 0 Å². The van der Waals surface area contributed by atoms with Crippen molar-refractivity contribution in [2.45, 2.75) is 38.9 Å². The van der Waals surface area contributed by atoms with Gasteiger partial charge in [0.1, 0.15) is 11.5 Å². The molecule has 0 radical (unpaired) electrons. The maximum absolute atomic E-state index is 5.62. The van der Waals surface area contributed by atoms with E-state index in [0.717, 1.165) is 31.2 Å². The second-order valence-electron chi connectivity index (χ2n) is 5.95. The third-order valence-corrected chi connectivity index (χ3v) is 4.12. The van der Waals surface area contributed by atoms with Crippen LogP contribution in [0.3, 0.4) is 0 Å². The molecule has 3 nitrogen and oxygen atoms in total.